The number of Topliss-reactive ketones (excluding diaryl/α,β-unsaturated/α-hetero) is 1. The molecule has 0 aliphatic carbocycles. The van der Waals surface area contributed by atoms with E-state index in [9.17, 15) is 4.79 Å². The molecule has 0 bridgehead atoms. The van der Waals surface area contributed by atoms with Gasteiger partial charge in [0.05, 0.1) is 21.0 Å². The van der Waals surface area contributed by atoms with Crippen LogP contribution < -0.4 is 0 Å². The first kappa shape index (κ1) is 12.4. The first-order chi connectivity index (χ1) is 9.22. The number of hydrogen-bond acceptors (Lipinski definition) is 4. The minimum Gasteiger partial charge on any atom is -0.292 e. The number of para-hydroxylation sites is 2. The number of carbonyl (C=O) groups excluding carboxylic acids is 1. The molecular formula is C14H9BrN2OS. The lowest BCUT2D eigenvalue weighted by Gasteiger charge is -2.00. The molecule has 0 aliphatic heterocycles. The quantitative estimate of drug-likeness (QED) is 0.683. The van der Waals surface area contributed by atoms with Gasteiger partial charge in [-0.2, -0.15) is 0 Å². The van der Waals surface area contributed by atoms with Crippen LogP contribution in [0.15, 0.2) is 46.4 Å². The molecule has 0 saturated carbocycles. The molecule has 0 atom stereocenters. The lowest BCUT2D eigenvalue weighted by atomic mass is 10.2. The van der Waals surface area contributed by atoms with Crippen molar-refractivity contribution in [3.63, 3.8) is 0 Å². The highest BCUT2D eigenvalue weighted by molar-refractivity contribution is 9.11. The Morgan fingerprint density at radius 2 is 1.95 bits per heavy atom. The maximum absolute atomic E-state index is 12.2. The summed E-state index contributed by atoms with van der Waals surface area (Å²) in [4.78, 5) is 21.8. The van der Waals surface area contributed by atoms with Crippen molar-refractivity contribution >= 4 is 44.1 Å². The number of hydrogen-bond donors (Lipinski definition) is 0. The summed E-state index contributed by atoms with van der Waals surface area (Å²) in [6.45, 7) is 0. The van der Waals surface area contributed by atoms with E-state index in [0.717, 1.165) is 19.7 Å². The van der Waals surface area contributed by atoms with E-state index in [1.165, 1.54) is 0 Å². The van der Waals surface area contributed by atoms with Gasteiger partial charge in [-0.25, -0.2) is 4.98 Å². The third-order valence-corrected chi connectivity index (χ3v) is 4.32. The molecule has 0 spiro atoms. The molecule has 19 heavy (non-hydrogen) atoms. The summed E-state index contributed by atoms with van der Waals surface area (Å²) in [5.74, 6) is -0.00685. The van der Waals surface area contributed by atoms with E-state index in [4.69, 9.17) is 0 Å². The maximum Gasteiger partial charge on any atom is 0.187 e. The second-order valence-corrected chi connectivity index (χ2v) is 6.60. The number of aromatic nitrogens is 2. The second kappa shape index (κ2) is 5.19. The highest BCUT2D eigenvalue weighted by Crippen LogP contribution is 2.23. The van der Waals surface area contributed by atoms with Crippen LogP contribution in [0.5, 0.6) is 0 Å². The van der Waals surface area contributed by atoms with Gasteiger partial charge in [0, 0.05) is 11.3 Å². The SMILES string of the molecule is O=C(Cc1ccc(Br)s1)c1cnc2ccccc2n1. The lowest BCUT2D eigenvalue weighted by molar-refractivity contribution is 0.0989. The van der Waals surface area contributed by atoms with Crippen LogP contribution in [0, 0.1) is 0 Å². The molecule has 5 heteroatoms. The smallest absolute Gasteiger partial charge is 0.187 e. The van der Waals surface area contributed by atoms with Crippen molar-refractivity contribution in [1.29, 1.82) is 0 Å². The Balaban J connectivity index is 1.89. The normalized spacial score (nSPS) is 10.8. The molecule has 0 N–H and O–H groups in total. The number of benzene rings is 1. The Morgan fingerprint density at radius 3 is 2.68 bits per heavy atom. The molecule has 2 aromatic heterocycles. The van der Waals surface area contributed by atoms with E-state index in [-0.39, 0.29) is 5.78 Å². The van der Waals surface area contributed by atoms with Crippen LogP contribution in [0.2, 0.25) is 0 Å². The molecule has 3 aromatic rings. The minimum atomic E-state index is -0.00685. The van der Waals surface area contributed by atoms with Gasteiger partial charge in [-0.1, -0.05) is 12.1 Å². The van der Waals surface area contributed by atoms with Gasteiger partial charge >= 0.3 is 0 Å². The van der Waals surface area contributed by atoms with E-state index in [1.807, 2.05) is 36.4 Å². The monoisotopic (exact) mass is 332 g/mol. The van der Waals surface area contributed by atoms with Gasteiger partial charge in [-0.05, 0) is 40.2 Å². The average Bonchev–Trinajstić information content (AvgIpc) is 2.83. The number of rotatable bonds is 3. The van der Waals surface area contributed by atoms with Crippen LogP contribution in [0.25, 0.3) is 11.0 Å². The van der Waals surface area contributed by atoms with E-state index in [0.29, 0.717) is 12.1 Å². The minimum absolute atomic E-state index is 0.00685. The first-order valence-electron chi connectivity index (χ1n) is 5.71. The number of halogens is 1. The third-order valence-electron chi connectivity index (χ3n) is 2.70. The van der Waals surface area contributed by atoms with Crippen molar-refractivity contribution in [3.05, 3.63) is 57.0 Å². The van der Waals surface area contributed by atoms with Gasteiger partial charge in [0.15, 0.2) is 5.78 Å². The second-order valence-electron chi connectivity index (χ2n) is 4.05. The summed E-state index contributed by atoms with van der Waals surface area (Å²) >= 11 is 4.95. The number of carbonyl (C=O) groups is 1. The van der Waals surface area contributed by atoms with Gasteiger partial charge in [0.25, 0.3) is 0 Å². The van der Waals surface area contributed by atoms with Gasteiger partial charge in [-0.15, -0.1) is 11.3 Å². The Labute approximate surface area is 122 Å². The fourth-order valence-electron chi connectivity index (χ4n) is 1.79. The zero-order valence-electron chi connectivity index (χ0n) is 9.84. The van der Waals surface area contributed by atoms with Crippen molar-refractivity contribution in [2.45, 2.75) is 6.42 Å². The molecule has 0 fully saturated rings. The number of ketones is 1. The molecule has 0 aliphatic rings. The topological polar surface area (TPSA) is 42.9 Å². The summed E-state index contributed by atoms with van der Waals surface area (Å²) in [6.07, 6.45) is 1.91. The highest BCUT2D eigenvalue weighted by Gasteiger charge is 2.11. The van der Waals surface area contributed by atoms with Gasteiger partial charge in [0.2, 0.25) is 0 Å². The van der Waals surface area contributed by atoms with Crippen LogP contribution >= 0.6 is 27.3 Å². The highest BCUT2D eigenvalue weighted by atomic mass is 79.9. The predicted octanol–water partition coefficient (Wildman–Crippen LogP) is 3.88. The van der Waals surface area contributed by atoms with Gasteiger partial charge in [0.1, 0.15) is 5.69 Å². The maximum atomic E-state index is 12.2. The molecule has 0 radical (unpaired) electrons. The summed E-state index contributed by atoms with van der Waals surface area (Å²) in [5.41, 5.74) is 1.97. The zero-order chi connectivity index (χ0) is 13.2. The Morgan fingerprint density at radius 1 is 1.16 bits per heavy atom. The van der Waals surface area contributed by atoms with Gasteiger partial charge < -0.3 is 0 Å². The number of thiophene rings is 1. The van der Waals surface area contributed by atoms with Crippen LogP contribution in [-0.4, -0.2) is 15.8 Å². The van der Waals surface area contributed by atoms with Crippen molar-refractivity contribution in [3.8, 4) is 0 Å². The Kier molecular flexibility index (Phi) is 3.40. The summed E-state index contributed by atoms with van der Waals surface area (Å²) in [5, 5.41) is 0. The van der Waals surface area contributed by atoms with Crippen molar-refractivity contribution < 1.29 is 4.79 Å². The molecular weight excluding hydrogens is 324 g/mol. The van der Waals surface area contributed by atoms with E-state index in [1.54, 1.807) is 17.5 Å². The van der Waals surface area contributed by atoms with Crippen LogP contribution in [0.4, 0.5) is 0 Å². The number of fused-ring (bicyclic) bond motifs is 1. The molecule has 94 valence electrons. The first-order valence-corrected chi connectivity index (χ1v) is 7.32. The summed E-state index contributed by atoms with van der Waals surface area (Å²) in [6, 6.07) is 11.4. The summed E-state index contributed by atoms with van der Waals surface area (Å²) in [7, 11) is 0. The van der Waals surface area contributed by atoms with Crippen molar-refractivity contribution in [2.24, 2.45) is 0 Å². The molecule has 2 heterocycles. The van der Waals surface area contributed by atoms with E-state index in [2.05, 4.69) is 25.9 Å². The van der Waals surface area contributed by atoms with Crippen LogP contribution in [0.3, 0.4) is 0 Å². The van der Waals surface area contributed by atoms with Crippen molar-refractivity contribution in [2.75, 3.05) is 0 Å². The molecule has 1 aromatic carbocycles. The fraction of sp³-hybridized carbons (Fsp3) is 0.0714. The van der Waals surface area contributed by atoms with E-state index < -0.39 is 0 Å². The Hall–Kier alpha value is -1.59. The number of nitrogens with zero attached hydrogens (tertiary/aromatic N) is 2. The lowest BCUT2D eigenvalue weighted by Crippen LogP contribution is -2.05. The largest absolute Gasteiger partial charge is 0.292 e. The molecule has 0 amide bonds. The van der Waals surface area contributed by atoms with Gasteiger partial charge in [-0.3, -0.25) is 9.78 Å². The fourth-order valence-corrected chi connectivity index (χ4v) is 3.27. The zero-order valence-corrected chi connectivity index (χ0v) is 12.2. The average molecular weight is 333 g/mol. The molecule has 0 saturated heterocycles. The molecule has 0 unspecified atom stereocenters. The Bertz CT molecular complexity index is 754. The molecule has 3 rings (SSSR count). The standard InChI is InChI=1S/C14H9BrN2OS/c15-14-6-5-9(19-14)7-13(18)12-8-16-10-3-1-2-4-11(10)17-12/h1-6,8H,7H2. The van der Waals surface area contributed by atoms with Crippen LogP contribution in [0.1, 0.15) is 15.4 Å². The van der Waals surface area contributed by atoms with Crippen molar-refractivity contribution in [1.82, 2.24) is 9.97 Å². The molecule has 3 nitrogen and oxygen atoms in total. The van der Waals surface area contributed by atoms with Crippen LogP contribution in [-0.2, 0) is 6.42 Å². The van der Waals surface area contributed by atoms with E-state index >= 15 is 0 Å². The third kappa shape index (κ3) is 2.72. The predicted molar refractivity (Wildman–Crippen MR) is 79.6 cm³/mol. The summed E-state index contributed by atoms with van der Waals surface area (Å²) < 4.78 is 1.03.